The summed E-state index contributed by atoms with van der Waals surface area (Å²) in [7, 11) is 0. The lowest BCUT2D eigenvalue weighted by molar-refractivity contribution is -0.384. The molecule has 5 rings (SSSR count). The number of non-ortho nitro benzene ring substituents is 1. The van der Waals surface area contributed by atoms with Crippen molar-refractivity contribution in [3.8, 4) is 0 Å². The van der Waals surface area contributed by atoms with E-state index in [-0.39, 0.29) is 5.69 Å². The first kappa shape index (κ1) is 16.8. The molecule has 0 unspecified atom stereocenters. The molecule has 0 aliphatic heterocycles. The maximum Gasteiger partial charge on any atom is 0.270 e. The molecule has 8 heteroatoms. The van der Waals surface area contributed by atoms with Crippen molar-refractivity contribution < 1.29 is 9.34 Å². The van der Waals surface area contributed by atoms with Crippen molar-refractivity contribution in [2.24, 2.45) is 5.10 Å². The predicted molar refractivity (Wildman–Crippen MR) is 111 cm³/mol. The van der Waals surface area contributed by atoms with Gasteiger partial charge in [0.05, 0.1) is 16.5 Å². The lowest BCUT2D eigenvalue weighted by Gasteiger charge is -2.00. The predicted octanol–water partition coefficient (Wildman–Crippen LogP) is 4.88. The number of hydrazone groups is 1. The summed E-state index contributed by atoms with van der Waals surface area (Å²) in [4.78, 5) is 19.1. The number of nitro benzene ring substituents is 1. The lowest BCUT2D eigenvalue weighted by Crippen LogP contribution is -1.95. The topological polar surface area (TPSA) is 106 Å². The molecule has 5 aromatic rings. The molecule has 2 aromatic heterocycles. The number of hydrogen-bond acceptors (Lipinski definition) is 7. The molecule has 0 aliphatic carbocycles. The third-order valence-electron chi connectivity index (χ3n) is 4.61. The molecule has 140 valence electrons. The Balaban J connectivity index is 1.55. The van der Waals surface area contributed by atoms with Gasteiger partial charge in [-0.3, -0.25) is 15.5 Å². The van der Waals surface area contributed by atoms with Gasteiger partial charge in [0.2, 0.25) is 0 Å². The Morgan fingerprint density at radius 2 is 1.97 bits per heavy atom. The van der Waals surface area contributed by atoms with Crippen molar-refractivity contribution in [2.75, 3.05) is 5.43 Å². The maximum absolute atomic E-state index is 10.9. The average molecular weight is 383 g/mol. The van der Waals surface area contributed by atoms with E-state index in [2.05, 4.69) is 20.5 Å². The summed E-state index contributed by atoms with van der Waals surface area (Å²) >= 11 is 0. The molecule has 0 atom stereocenters. The van der Waals surface area contributed by atoms with Crippen molar-refractivity contribution in [1.82, 2.24) is 9.97 Å². The van der Waals surface area contributed by atoms with Crippen molar-refractivity contribution in [1.29, 1.82) is 0 Å². The van der Waals surface area contributed by atoms with Gasteiger partial charge < -0.3 is 4.42 Å². The molecule has 0 saturated heterocycles. The fourth-order valence-electron chi connectivity index (χ4n) is 3.31. The minimum Gasteiger partial charge on any atom is -0.450 e. The molecular formula is C21H13N5O3. The van der Waals surface area contributed by atoms with E-state index in [9.17, 15) is 10.1 Å². The molecule has 0 fully saturated rings. The van der Waals surface area contributed by atoms with Crippen LogP contribution >= 0.6 is 0 Å². The van der Waals surface area contributed by atoms with E-state index in [0.717, 1.165) is 16.2 Å². The number of anilines is 1. The standard InChI is InChI=1S/C21H13N5O3/c27-26(28)15-6-3-4-13(10-15)11-24-25-21-20-19(22-12-23-21)18-16-7-2-1-5-14(16)8-9-17(18)29-20/h1-12H,(H,22,23,25)/b24-11+. The van der Waals surface area contributed by atoms with Crippen molar-refractivity contribution in [2.45, 2.75) is 0 Å². The van der Waals surface area contributed by atoms with Crippen LogP contribution in [0, 0.1) is 10.1 Å². The Morgan fingerprint density at radius 3 is 2.86 bits per heavy atom. The monoisotopic (exact) mass is 383 g/mol. The van der Waals surface area contributed by atoms with E-state index in [1.807, 2.05) is 36.4 Å². The molecule has 0 bridgehead atoms. The van der Waals surface area contributed by atoms with Crippen LogP contribution in [0.4, 0.5) is 11.5 Å². The third kappa shape index (κ3) is 2.92. The minimum atomic E-state index is -0.447. The average Bonchev–Trinajstić information content (AvgIpc) is 3.14. The summed E-state index contributed by atoms with van der Waals surface area (Å²) in [5, 5.41) is 18.1. The second kappa shape index (κ2) is 6.68. The zero-order chi connectivity index (χ0) is 19.8. The van der Waals surface area contributed by atoms with E-state index >= 15 is 0 Å². The van der Waals surface area contributed by atoms with Crippen LogP contribution in [0.5, 0.6) is 0 Å². The number of rotatable bonds is 4. The molecule has 0 aliphatic rings. The second-order valence-corrected chi connectivity index (χ2v) is 6.38. The number of furan rings is 1. The highest BCUT2D eigenvalue weighted by Gasteiger charge is 2.15. The Hall–Kier alpha value is -4.33. The number of aromatic nitrogens is 2. The van der Waals surface area contributed by atoms with Crippen LogP contribution in [-0.4, -0.2) is 21.1 Å². The van der Waals surface area contributed by atoms with Crippen LogP contribution in [0.1, 0.15) is 5.56 Å². The summed E-state index contributed by atoms with van der Waals surface area (Å²) in [6, 6.07) is 18.1. The van der Waals surface area contributed by atoms with Crippen LogP contribution in [0.2, 0.25) is 0 Å². The van der Waals surface area contributed by atoms with Gasteiger partial charge in [0.1, 0.15) is 17.4 Å². The largest absolute Gasteiger partial charge is 0.450 e. The van der Waals surface area contributed by atoms with Crippen LogP contribution in [0.25, 0.3) is 32.8 Å². The Labute approximate surface area is 163 Å². The number of nitrogens with one attached hydrogen (secondary N) is 1. The molecular weight excluding hydrogens is 370 g/mol. The molecule has 8 nitrogen and oxygen atoms in total. The molecule has 3 aromatic carbocycles. The highest BCUT2D eigenvalue weighted by Crippen LogP contribution is 2.35. The van der Waals surface area contributed by atoms with Crippen molar-refractivity contribution in [3.63, 3.8) is 0 Å². The normalized spacial score (nSPS) is 11.6. The first-order chi connectivity index (χ1) is 14.2. The number of benzene rings is 3. The second-order valence-electron chi connectivity index (χ2n) is 6.38. The van der Waals surface area contributed by atoms with Gasteiger partial charge in [0.25, 0.3) is 5.69 Å². The maximum atomic E-state index is 10.9. The van der Waals surface area contributed by atoms with Crippen LogP contribution in [0.3, 0.4) is 0 Å². The molecule has 0 saturated carbocycles. The molecule has 0 radical (unpaired) electrons. The molecule has 2 heterocycles. The van der Waals surface area contributed by atoms with Gasteiger partial charge in [-0.25, -0.2) is 9.97 Å². The van der Waals surface area contributed by atoms with Gasteiger partial charge in [0.15, 0.2) is 11.4 Å². The summed E-state index contributed by atoms with van der Waals surface area (Å²) < 4.78 is 5.99. The first-order valence-corrected chi connectivity index (χ1v) is 8.79. The van der Waals surface area contributed by atoms with Gasteiger partial charge in [0, 0.05) is 17.7 Å². The summed E-state index contributed by atoms with van der Waals surface area (Å²) in [6.45, 7) is 0. The third-order valence-corrected chi connectivity index (χ3v) is 4.61. The SMILES string of the molecule is O=[N+]([O-])c1cccc(/C=N/Nc2ncnc3c2oc2ccc4ccccc4c23)c1. The Morgan fingerprint density at radius 1 is 1.07 bits per heavy atom. The van der Waals surface area contributed by atoms with Crippen molar-refractivity contribution in [3.05, 3.63) is 82.7 Å². The summed E-state index contributed by atoms with van der Waals surface area (Å²) in [5.41, 5.74) is 5.34. The lowest BCUT2D eigenvalue weighted by atomic mass is 10.1. The number of fused-ring (bicyclic) bond motifs is 5. The van der Waals surface area contributed by atoms with Gasteiger partial charge in [-0.2, -0.15) is 5.10 Å². The fraction of sp³-hybridized carbons (Fsp3) is 0. The Kier molecular flexibility index (Phi) is 3.87. The minimum absolute atomic E-state index is 0.00235. The number of nitro groups is 1. The smallest absolute Gasteiger partial charge is 0.270 e. The van der Waals surface area contributed by atoms with Gasteiger partial charge in [-0.05, 0) is 16.8 Å². The van der Waals surface area contributed by atoms with Crippen LogP contribution in [0.15, 0.2) is 76.5 Å². The van der Waals surface area contributed by atoms with E-state index < -0.39 is 4.92 Å². The quantitative estimate of drug-likeness (QED) is 0.269. The Bertz CT molecular complexity index is 1420. The van der Waals surface area contributed by atoms with Gasteiger partial charge in [-0.1, -0.05) is 42.5 Å². The number of nitrogens with zero attached hydrogens (tertiary/aromatic N) is 4. The van der Waals surface area contributed by atoms with Crippen molar-refractivity contribution >= 4 is 50.6 Å². The van der Waals surface area contributed by atoms with Gasteiger partial charge >= 0.3 is 0 Å². The van der Waals surface area contributed by atoms with E-state index in [1.165, 1.54) is 24.7 Å². The summed E-state index contributed by atoms with van der Waals surface area (Å²) in [5.74, 6) is 0.414. The molecule has 29 heavy (non-hydrogen) atoms. The van der Waals surface area contributed by atoms with E-state index in [0.29, 0.717) is 28.1 Å². The highest BCUT2D eigenvalue weighted by molar-refractivity contribution is 6.18. The molecule has 0 amide bonds. The van der Waals surface area contributed by atoms with E-state index in [1.54, 1.807) is 12.1 Å². The summed E-state index contributed by atoms with van der Waals surface area (Å²) in [6.07, 6.45) is 2.93. The fourth-order valence-corrected chi connectivity index (χ4v) is 3.31. The van der Waals surface area contributed by atoms with E-state index in [4.69, 9.17) is 4.42 Å². The zero-order valence-electron chi connectivity index (χ0n) is 14.9. The first-order valence-electron chi connectivity index (χ1n) is 8.79. The molecule has 1 N–H and O–H groups in total. The zero-order valence-corrected chi connectivity index (χ0v) is 14.9. The van der Waals surface area contributed by atoms with Gasteiger partial charge in [-0.15, -0.1) is 0 Å². The number of hydrogen-bond donors (Lipinski definition) is 1. The molecule has 0 spiro atoms. The van der Waals surface area contributed by atoms with Crippen LogP contribution < -0.4 is 5.43 Å². The highest BCUT2D eigenvalue weighted by atomic mass is 16.6. The van der Waals surface area contributed by atoms with Crippen LogP contribution in [-0.2, 0) is 0 Å².